The van der Waals surface area contributed by atoms with E-state index in [9.17, 15) is 0 Å². The van der Waals surface area contributed by atoms with Crippen LogP contribution in [-0.4, -0.2) is 60.7 Å². The summed E-state index contributed by atoms with van der Waals surface area (Å²) in [6.07, 6.45) is 5.94. The van der Waals surface area contributed by atoms with Crippen LogP contribution in [0, 0.1) is 11.8 Å². The lowest BCUT2D eigenvalue weighted by atomic mass is 9.97. The number of likely N-dealkylation sites (tertiary alicyclic amines) is 1. The molecule has 0 amide bonds. The van der Waals surface area contributed by atoms with E-state index in [2.05, 4.69) is 34.8 Å². The van der Waals surface area contributed by atoms with Crippen LogP contribution in [0.4, 0.5) is 0 Å². The van der Waals surface area contributed by atoms with Gasteiger partial charge in [-0.05, 0) is 31.2 Å². The molecule has 2 fully saturated rings. The van der Waals surface area contributed by atoms with E-state index in [4.69, 9.17) is 4.74 Å². The Balaban J connectivity index is 1.47. The molecule has 0 spiro atoms. The standard InChI is InChI=1S/C18H31N3OS/c1-15(2)10-18-19-11-17(23-18)14-21-5-3-4-16(13-21)12-20-6-8-22-9-7-20/h11,15-16H,3-10,12-14H2,1-2H3/t16-/m1/s1. The van der Waals surface area contributed by atoms with Crippen LogP contribution in [0.1, 0.15) is 36.6 Å². The second-order valence-corrected chi connectivity index (χ2v) is 8.67. The Hall–Kier alpha value is -0.490. The lowest BCUT2D eigenvalue weighted by Crippen LogP contribution is -2.44. The SMILES string of the molecule is CC(C)Cc1ncc(CN2CCC[C@H](CN3CCOCC3)C2)s1. The van der Waals surface area contributed by atoms with E-state index in [1.54, 1.807) is 0 Å². The topological polar surface area (TPSA) is 28.6 Å². The van der Waals surface area contributed by atoms with Crippen LogP contribution in [-0.2, 0) is 17.7 Å². The van der Waals surface area contributed by atoms with Gasteiger partial charge in [-0.15, -0.1) is 11.3 Å². The molecule has 0 saturated carbocycles. The molecule has 1 aromatic heterocycles. The largest absolute Gasteiger partial charge is 0.379 e. The Kier molecular flexibility index (Phi) is 6.45. The van der Waals surface area contributed by atoms with Gasteiger partial charge < -0.3 is 4.74 Å². The van der Waals surface area contributed by atoms with Gasteiger partial charge in [-0.25, -0.2) is 4.98 Å². The van der Waals surface area contributed by atoms with Crippen molar-refractivity contribution >= 4 is 11.3 Å². The highest BCUT2D eigenvalue weighted by Crippen LogP contribution is 2.23. The van der Waals surface area contributed by atoms with E-state index >= 15 is 0 Å². The lowest BCUT2D eigenvalue weighted by molar-refractivity contribution is 0.0225. The summed E-state index contributed by atoms with van der Waals surface area (Å²) in [4.78, 5) is 11.3. The first-order valence-corrected chi connectivity index (χ1v) is 9.96. The summed E-state index contributed by atoms with van der Waals surface area (Å²) in [5.74, 6) is 1.52. The zero-order valence-corrected chi connectivity index (χ0v) is 15.5. The first-order valence-electron chi connectivity index (χ1n) is 9.15. The van der Waals surface area contributed by atoms with Crippen molar-refractivity contribution in [1.29, 1.82) is 0 Å². The Labute approximate surface area is 144 Å². The van der Waals surface area contributed by atoms with Crippen molar-refractivity contribution in [3.05, 3.63) is 16.1 Å². The van der Waals surface area contributed by atoms with Crippen molar-refractivity contribution < 1.29 is 4.74 Å². The zero-order chi connectivity index (χ0) is 16.1. The summed E-state index contributed by atoms with van der Waals surface area (Å²) in [6.45, 7) is 13.4. The van der Waals surface area contributed by atoms with Crippen LogP contribution in [0.3, 0.4) is 0 Å². The molecular formula is C18H31N3OS. The van der Waals surface area contributed by atoms with E-state index in [1.807, 2.05) is 11.3 Å². The molecule has 0 N–H and O–H groups in total. The number of thiazole rings is 1. The molecule has 0 radical (unpaired) electrons. The van der Waals surface area contributed by atoms with Gasteiger partial charge in [0.1, 0.15) is 0 Å². The van der Waals surface area contributed by atoms with Crippen molar-refractivity contribution in [3.63, 3.8) is 0 Å². The number of aromatic nitrogens is 1. The molecular weight excluding hydrogens is 306 g/mol. The van der Waals surface area contributed by atoms with Crippen LogP contribution in [0.25, 0.3) is 0 Å². The second-order valence-electron chi connectivity index (χ2n) is 7.47. The molecule has 1 atom stereocenters. The highest BCUT2D eigenvalue weighted by molar-refractivity contribution is 7.11. The normalized spacial score (nSPS) is 24.4. The average Bonchev–Trinajstić information content (AvgIpc) is 2.95. The Morgan fingerprint density at radius 1 is 1.26 bits per heavy atom. The quantitative estimate of drug-likeness (QED) is 0.798. The fourth-order valence-electron chi connectivity index (χ4n) is 3.68. The molecule has 4 nitrogen and oxygen atoms in total. The maximum absolute atomic E-state index is 5.46. The van der Waals surface area contributed by atoms with Gasteiger partial charge in [0.05, 0.1) is 18.2 Å². The van der Waals surface area contributed by atoms with Crippen LogP contribution < -0.4 is 0 Å². The number of ether oxygens (including phenoxy) is 1. The van der Waals surface area contributed by atoms with Crippen molar-refractivity contribution in [2.75, 3.05) is 45.9 Å². The summed E-state index contributed by atoms with van der Waals surface area (Å²) in [5, 5.41) is 1.30. The smallest absolute Gasteiger partial charge is 0.0930 e. The van der Waals surface area contributed by atoms with E-state index in [1.165, 1.54) is 42.4 Å². The summed E-state index contributed by atoms with van der Waals surface area (Å²) >= 11 is 1.91. The minimum atomic E-state index is 0.696. The predicted molar refractivity (Wildman–Crippen MR) is 95.9 cm³/mol. The molecule has 0 aromatic carbocycles. The maximum atomic E-state index is 5.46. The Morgan fingerprint density at radius 3 is 2.87 bits per heavy atom. The minimum absolute atomic E-state index is 0.696. The molecule has 0 unspecified atom stereocenters. The number of morpholine rings is 1. The molecule has 2 aliphatic heterocycles. The van der Waals surface area contributed by atoms with Gasteiger partial charge in [-0.2, -0.15) is 0 Å². The highest BCUT2D eigenvalue weighted by Gasteiger charge is 2.23. The van der Waals surface area contributed by atoms with E-state index in [0.29, 0.717) is 5.92 Å². The first kappa shape index (κ1) is 17.3. The van der Waals surface area contributed by atoms with Crippen molar-refractivity contribution in [1.82, 2.24) is 14.8 Å². The predicted octanol–water partition coefficient (Wildman–Crippen LogP) is 2.89. The number of piperidine rings is 1. The van der Waals surface area contributed by atoms with Gasteiger partial charge in [0.2, 0.25) is 0 Å². The molecule has 2 aliphatic rings. The maximum Gasteiger partial charge on any atom is 0.0930 e. The number of hydrogen-bond donors (Lipinski definition) is 0. The summed E-state index contributed by atoms with van der Waals surface area (Å²) in [5.41, 5.74) is 0. The highest BCUT2D eigenvalue weighted by atomic mass is 32.1. The fourth-order valence-corrected chi connectivity index (χ4v) is 4.86. The molecule has 1 aromatic rings. The third-order valence-electron chi connectivity index (χ3n) is 4.79. The molecule has 2 saturated heterocycles. The fraction of sp³-hybridized carbons (Fsp3) is 0.833. The van der Waals surface area contributed by atoms with Crippen LogP contribution in [0.15, 0.2) is 6.20 Å². The third-order valence-corrected chi connectivity index (χ3v) is 5.79. The molecule has 0 aliphatic carbocycles. The van der Waals surface area contributed by atoms with Crippen molar-refractivity contribution in [2.24, 2.45) is 11.8 Å². The second kappa shape index (κ2) is 8.56. The molecule has 3 heterocycles. The van der Waals surface area contributed by atoms with Crippen molar-refractivity contribution in [2.45, 2.75) is 39.7 Å². The van der Waals surface area contributed by atoms with E-state index in [0.717, 1.165) is 45.2 Å². The Bertz CT molecular complexity index is 471. The number of hydrogen-bond acceptors (Lipinski definition) is 5. The molecule has 23 heavy (non-hydrogen) atoms. The zero-order valence-electron chi connectivity index (χ0n) is 14.7. The lowest BCUT2D eigenvalue weighted by Gasteiger charge is -2.36. The molecule has 3 rings (SSSR count). The molecule has 0 bridgehead atoms. The molecule has 5 heteroatoms. The summed E-state index contributed by atoms with van der Waals surface area (Å²) < 4.78 is 5.46. The monoisotopic (exact) mass is 337 g/mol. The van der Waals surface area contributed by atoms with Gasteiger partial charge in [0.25, 0.3) is 0 Å². The van der Waals surface area contributed by atoms with Crippen LogP contribution in [0.5, 0.6) is 0 Å². The third kappa shape index (κ3) is 5.52. The average molecular weight is 338 g/mol. The van der Waals surface area contributed by atoms with Gasteiger partial charge in [-0.1, -0.05) is 13.8 Å². The summed E-state index contributed by atoms with van der Waals surface area (Å²) in [6, 6.07) is 0. The number of rotatable bonds is 6. The van der Waals surface area contributed by atoms with Gasteiger partial charge in [-0.3, -0.25) is 9.80 Å². The van der Waals surface area contributed by atoms with E-state index in [-0.39, 0.29) is 0 Å². The molecule has 130 valence electrons. The first-order chi connectivity index (χ1) is 11.2. The van der Waals surface area contributed by atoms with Crippen LogP contribution >= 0.6 is 11.3 Å². The Morgan fingerprint density at radius 2 is 2.09 bits per heavy atom. The number of nitrogens with zero attached hydrogens (tertiary/aromatic N) is 3. The minimum Gasteiger partial charge on any atom is -0.379 e. The van der Waals surface area contributed by atoms with Crippen molar-refractivity contribution in [3.8, 4) is 0 Å². The van der Waals surface area contributed by atoms with Crippen LogP contribution in [0.2, 0.25) is 0 Å². The van der Waals surface area contributed by atoms with Gasteiger partial charge in [0.15, 0.2) is 0 Å². The van der Waals surface area contributed by atoms with E-state index < -0.39 is 0 Å². The summed E-state index contributed by atoms with van der Waals surface area (Å²) in [7, 11) is 0. The van der Waals surface area contributed by atoms with Gasteiger partial charge in [0, 0.05) is 50.2 Å². The van der Waals surface area contributed by atoms with Gasteiger partial charge >= 0.3 is 0 Å².